The molecule has 0 unspecified atom stereocenters. The van der Waals surface area contributed by atoms with Gasteiger partial charge < -0.3 is 24.5 Å². The van der Waals surface area contributed by atoms with Crippen LogP contribution >= 0.6 is 11.8 Å². The van der Waals surface area contributed by atoms with Gasteiger partial charge in [0.1, 0.15) is 5.75 Å². The van der Waals surface area contributed by atoms with Crippen LogP contribution in [0.25, 0.3) is 0 Å². The van der Waals surface area contributed by atoms with Gasteiger partial charge in [-0.15, -0.1) is 0 Å². The molecule has 8 nitrogen and oxygen atoms in total. The topological polar surface area (TPSA) is 103 Å². The van der Waals surface area contributed by atoms with Crippen molar-refractivity contribution < 1.29 is 19.0 Å². The van der Waals surface area contributed by atoms with Crippen molar-refractivity contribution in [1.29, 1.82) is 0 Å². The number of nitrogens with zero attached hydrogens (tertiary/aromatic N) is 1. The van der Waals surface area contributed by atoms with E-state index < -0.39 is 10.9 Å². The summed E-state index contributed by atoms with van der Waals surface area (Å²) >= 11 is 1.30. The molecule has 0 aliphatic heterocycles. The molecule has 1 heterocycles. The van der Waals surface area contributed by atoms with E-state index in [0.717, 1.165) is 16.9 Å². The van der Waals surface area contributed by atoms with Gasteiger partial charge in [-0.05, 0) is 36.6 Å². The number of aromatic nitrogens is 2. The summed E-state index contributed by atoms with van der Waals surface area (Å²) in [6.45, 7) is 3.61. The molecule has 0 saturated heterocycles. The minimum absolute atomic E-state index is 0.127. The van der Waals surface area contributed by atoms with Crippen molar-refractivity contribution in [2.24, 2.45) is 0 Å². The number of rotatable bonds is 12. The molecule has 1 amide bonds. The van der Waals surface area contributed by atoms with Crippen LogP contribution in [0.5, 0.6) is 5.75 Å². The van der Waals surface area contributed by atoms with E-state index in [9.17, 15) is 9.59 Å². The Hall–Kier alpha value is -2.36. The highest BCUT2D eigenvalue weighted by molar-refractivity contribution is 8.00. The lowest BCUT2D eigenvalue weighted by atomic mass is 10.2. The monoisotopic (exact) mass is 421 g/mol. The molecule has 158 valence electrons. The molecule has 0 aliphatic carbocycles. The number of hydrogen-bond donors (Lipinski definition) is 2. The van der Waals surface area contributed by atoms with Gasteiger partial charge in [-0.1, -0.05) is 23.9 Å². The molecule has 2 rings (SSSR count). The molecule has 0 spiro atoms. The van der Waals surface area contributed by atoms with Gasteiger partial charge in [0.05, 0.1) is 30.6 Å². The van der Waals surface area contributed by atoms with E-state index in [1.54, 1.807) is 14.2 Å². The van der Waals surface area contributed by atoms with Crippen molar-refractivity contribution in [3.05, 3.63) is 52.1 Å². The first kappa shape index (κ1) is 22.9. The van der Waals surface area contributed by atoms with Gasteiger partial charge in [0.25, 0.3) is 0 Å². The van der Waals surface area contributed by atoms with E-state index in [4.69, 9.17) is 14.2 Å². The predicted octanol–water partition coefficient (Wildman–Crippen LogP) is 1.92. The van der Waals surface area contributed by atoms with E-state index in [1.165, 1.54) is 18.0 Å². The number of H-pyrrole nitrogens is 1. The summed E-state index contributed by atoms with van der Waals surface area (Å²) in [4.78, 5) is 30.8. The SMILES string of the molecule is COCCOCC[C@H](Sc1[nH]c(=O)ncc1C)C(=O)NCc1ccc(OC)cc1. The van der Waals surface area contributed by atoms with Gasteiger partial charge in [-0.3, -0.25) is 4.79 Å². The van der Waals surface area contributed by atoms with E-state index in [1.807, 2.05) is 31.2 Å². The van der Waals surface area contributed by atoms with Crippen LogP contribution in [0.15, 0.2) is 40.3 Å². The smallest absolute Gasteiger partial charge is 0.345 e. The van der Waals surface area contributed by atoms with Crippen molar-refractivity contribution >= 4 is 17.7 Å². The second kappa shape index (κ2) is 12.3. The highest BCUT2D eigenvalue weighted by atomic mass is 32.2. The number of hydrogen-bond acceptors (Lipinski definition) is 7. The van der Waals surface area contributed by atoms with Gasteiger partial charge in [0.15, 0.2) is 0 Å². The molecule has 29 heavy (non-hydrogen) atoms. The molecule has 0 radical (unpaired) electrons. The Morgan fingerprint density at radius 2 is 1.97 bits per heavy atom. The molecule has 0 bridgehead atoms. The Balaban J connectivity index is 2.00. The number of aromatic amines is 1. The second-order valence-electron chi connectivity index (χ2n) is 6.27. The highest BCUT2D eigenvalue weighted by Gasteiger charge is 2.21. The van der Waals surface area contributed by atoms with Gasteiger partial charge in [0, 0.05) is 26.5 Å². The Morgan fingerprint density at radius 1 is 1.21 bits per heavy atom. The summed E-state index contributed by atoms with van der Waals surface area (Å²) in [6.07, 6.45) is 2.00. The van der Waals surface area contributed by atoms with E-state index >= 15 is 0 Å². The number of benzene rings is 1. The zero-order valence-corrected chi connectivity index (χ0v) is 17.7. The molecule has 0 aliphatic rings. The summed E-state index contributed by atoms with van der Waals surface area (Å²) < 4.78 is 15.6. The van der Waals surface area contributed by atoms with Gasteiger partial charge in [-0.2, -0.15) is 0 Å². The second-order valence-corrected chi connectivity index (χ2v) is 7.48. The minimum Gasteiger partial charge on any atom is -0.497 e. The van der Waals surface area contributed by atoms with Crippen LogP contribution in [0.2, 0.25) is 0 Å². The normalized spacial score (nSPS) is 11.8. The number of amides is 1. The number of thioether (sulfide) groups is 1. The first-order valence-corrected chi connectivity index (χ1v) is 10.1. The molecule has 1 atom stereocenters. The fraction of sp³-hybridized carbons (Fsp3) is 0.450. The molecular weight excluding hydrogens is 394 g/mol. The van der Waals surface area contributed by atoms with E-state index in [-0.39, 0.29) is 5.91 Å². The number of carbonyl (C=O) groups excluding carboxylic acids is 1. The first-order valence-electron chi connectivity index (χ1n) is 9.23. The Kier molecular flexibility index (Phi) is 9.69. The van der Waals surface area contributed by atoms with Crippen molar-refractivity contribution in [2.45, 2.75) is 30.2 Å². The van der Waals surface area contributed by atoms with Crippen molar-refractivity contribution in [1.82, 2.24) is 15.3 Å². The van der Waals surface area contributed by atoms with E-state index in [2.05, 4.69) is 15.3 Å². The lowest BCUT2D eigenvalue weighted by Gasteiger charge is -2.17. The van der Waals surface area contributed by atoms with Crippen LogP contribution in [0.3, 0.4) is 0 Å². The van der Waals surface area contributed by atoms with Crippen molar-refractivity contribution in [2.75, 3.05) is 34.0 Å². The average Bonchev–Trinajstić information content (AvgIpc) is 2.73. The number of aryl methyl sites for hydroxylation is 1. The molecule has 1 aromatic carbocycles. The zero-order chi connectivity index (χ0) is 21.1. The van der Waals surface area contributed by atoms with Gasteiger partial charge in [0.2, 0.25) is 5.91 Å². The summed E-state index contributed by atoms with van der Waals surface area (Å²) in [7, 11) is 3.22. The van der Waals surface area contributed by atoms with Gasteiger partial charge >= 0.3 is 5.69 Å². The third-order valence-corrected chi connectivity index (χ3v) is 5.48. The maximum absolute atomic E-state index is 12.8. The van der Waals surface area contributed by atoms with Crippen molar-refractivity contribution in [3.63, 3.8) is 0 Å². The largest absolute Gasteiger partial charge is 0.497 e. The standard InChI is InChI=1S/C20H27N3O5S/c1-14-12-22-20(25)23-19(14)29-17(8-9-28-11-10-26-2)18(24)21-13-15-4-6-16(27-3)7-5-15/h4-7,12,17H,8-11,13H2,1-3H3,(H,21,24)(H,22,23,25)/t17-/m0/s1. The molecule has 9 heteroatoms. The Bertz CT molecular complexity index is 826. The summed E-state index contributed by atoms with van der Waals surface area (Å²) in [5.74, 6) is 0.636. The van der Waals surface area contributed by atoms with Crippen LogP contribution in [0.1, 0.15) is 17.5 Å². The quantitative estimate of drug-likeness (QED) is 0.307. The number of methoxy groups -OCH3 is 2. The first-order chi connectivity index (χ1) is 14.0. The molecule has 0 fully saturated rings. The minimum atomic E-state index is -0.438. The summed E-state index contributed by atoms with van der Waals surface area (Å²) in [6, 6.07) is 7.50. The predicted molar refractivity (Wildman–Crippen MR) is 111 cm³/mol. The maximum Gasteiger partial charge on any atom is 0.345 e. The van der Waals surface area contributed by atoms with Crippen LogP contribution in [-0.2, 0) is 20.8 Å². The fourth-order valence-corrected chi connectivity index (χ4v) is 3.51. The Labute approximate surface area is 174 Å². The molecular formula is C20H27N3O5S. The third kappa shape index (κ3) is 7.88. The molecule has 2 N–H and O–H groups in total. The summed E-state index contributed by atoms with van der Waals surface area (Å²) in [5.41, 5.74) is 1.34. The van der Waals surface area contributed by atoms with Crippen LogP contribution in [0.4, 0.5) is 0 Å². The van der Waals surface area contributed by atoms with Crippen LogP contribution in [0, 0.1) is 6.92 Å². The molecule has 2 aromatic rings. The third-order valence-electron chi connectivity index (χ3n) is 4.09. The Morgan fingerprint density at radius 3 is 2.66 bits per heavy atom. The van der Waals surface area contributed by atoms with Crippen LogP contribution < -0.4 is 15.7 Å². The van der Waals surface area contributed by atoms with E-state index in [0.29, 0.717) is 37.8 Å². The van der Waals surface area contributed by atoms with Crippen LogP contribution in [-0.4, -0.2) is 55.2 Å². The summed E-state index contributed by atoms with van der Waals surface area (Å²) in [5, 5.41) is 3.16. The fourth-order valence-electron chi connectivity index (χ4n) is 2.43. The molecule has 0 saturated carbocycles. The van der Waals surface area contributed by atoms with Crippen molar-refractivity contribution in [3.8, 4) is 5.75 Å². The average molecular weight is 422 g/mol. The maximum atomic E-state index is 12.8. The number of carbonyl (C=O) groups is 1. The number of ether oxygens (including phenoxy) is 3. The molecule has 1 aromatic heterocycles. The highest BCUT2D eigenvalue weighted by Crippen LogP contribution is 2.25. The lowest BCUT2D eigenvalue weighted by molar-refractivity contribution is -0.121. The lowest BCUT2D eigenvalue weighted by Crippen LogP contribution is -2.33. The zero-order valence-electron chi connectivity index (χ0n) is 16.9. The number of nitrogens with one attached hydrogen (secondary N) is 2. The van der Waals surface area contributed by atoms with Gasteiger partial charge in [-0.25, -0.2) is 9.78 Å².